The zero-order valence-electron chi connectivity index (χ0n) is 12.7. The molecule has 2 N–H and O–H groups in total. The standard InChI is InChI=1S/C15H27N3O2.ClH/c19-14(17-13-1-9-20-10-2-13)11-18-8-5-15(12-18)3-6-16-7-4-15;/h13,16H,1-12H2,(H,17,19);1H. The molecule has 3 rings (SSSR count). The van der Waals surface area contributed by atoms with Gasteiger partial charge in [0.25, 0.3) is 0 Å². The maximum absolute atomic E-state index is 12.1. The predicted molar refractivity (Wildman–Crippen MR) is 84.8 cm³/mol. The lowest BCUT2D eigenvalue weighted by Crippen LogP contribution is -2.44. The van der Waals surface area contributed by atoms with Gasteiger partial charge in [0.2, 0.25) is 5.91 Å². The number of nitrogens with one attached hydrogen (secondary N) is 2. The van der Waals surface area contributed by atoms with E-state index in [4.69, 9.17) is 4.74 Å². The predicted octanol–water partition coefficient (Wildman–Crippen LogP) is 0.779. The number of hydrogen-bond donors (Lipinski definition) is 2. The number of ether oxygens (including phenoxy) is 1. The zero-order valence-corrected chi connectivity index (χ0v) is 13.6. The van der Waals surface area contributed by atoms with E-state index in [0.29, 0.717) is 18.0 Å². The van der Waals surface area contributed by atoms with E-state index < -0.39 is 0 Å². The van der Waals surface area contributed by atoms with E-state index in [2.05, 4.69) is 15.5 Å². The van der Waals surface area contributed by atoms with Crippen molar-refractivity contribution in [3.8, 4) is 0 Å². The molecule has 0 radical (unpaired) electrons. The SMILES string of the molecule is Cl.O=C(CN1CCC2(CCNCC2)C1)NC1CCOCC1. The third kappa shape index (κ3) is 4.55. The van der Waals surface area contributed by atoms with Crippen LogP contribution < -0.4 is 10.6 Å². The van der Waals surface area contributed by atoms with E-state index in [1.165, 1.54) is 19.3 Å². The molecule has 3 aliphatic rings. The molecule has 0 aromatic heterocycles. The minimum atomic E-state index is 0. The van der Waals surface area contributed by atoms with Crippen LogP contribution in [0.4, 0.5) is 0 Å². The molecular formula is C15H28ClN3O2. The monoisotopic (exact) mass is 317 g/mol. The van der Waals surface area contributed by atoms with Crippen molar-refractivity contribution in [3.63, 3.8) is 0 Å². The number of rotatable bonds is 3. The molecule has 5 nitrogen and oxygen atoms in total. The summed E-state index contributed by atoms with van der Waals surface area (Å²) in [5, 5.41) is 6.60. The molecule has 0 unspecified atom stereocenters. The molecule has 3 saturated heterocycles. The van der Waals surface area contributed by atoms with Crippen molar-refractivity contribution < 1.29 is 9.53 Å². The van der Waals surface area contributed by atoms with Gasteiger partial charge in [-0.1, -0.05) is 0 Å². The Morgan fingerprint density at radius 3 is 2.67 bits per heavy atom. The summed E-state index contributed by atoms with van der Waals surface area (Å²) in [7, 11) is 0. The lowest BCUT2D eigenvalue weighted by Gasteiger charge is -2.34. The third-order valence-corrected chi connectivity index (χ3v) is 5.14. The molecule has 1 amide bonds. The van der Waals surface area contributed by atoms with E-state index in [9.17, 15) is 4.79 Å². The Hall–Kier alpha value is -0.360. The molecule has 0 saturated carbocycles. The van der Waals surface area contributed by atoms with E-state index in [1.54, 1.807) is 0 Å². The van der Waals surface area contributed by atoms with Crippen molar-refractivity contribution in [3.05, 3.63) is 0 Å². The number of carbonyl (C=O) groups is 1. The minimum Gasteiger partial charge on any atom is -0.381 e. The van der Waals surface area contributed by atoms with Crippen molar-refractivity contribution in [2.24, 2.45) is 5.41 Å². The summed E-state index contributed by atoms with van der Waals surface area (Å²) in [4.78, 5) is 14.5. The fraction of sp³-hybridized carbons (Fsp3) is 0.933. The smallest absolute Gasteiger partial charge is 0.234 e. The Labute approximate surface area is 133 Å². The Bertz CT molecular complexity index is 342. The molecule has 3 heterocycles. The largest absolute Gasteiger partial charge is 0.381 e. The maximum atomic E-state index is 12.1. The Morgan fingerprint density at radius 1 is 1.24 bits per heavy atom. The normalized spacial score (nSPS) is 26.5. The van der Waals surface area contributed by atoms with Gasteiger partial charge in [0.05, 0.1) is 6.54 Å². The summed E-state index contributed by atoms with van der Waals surface area (Å²) in [5.41, 5.74) is 0.490. The molecular weight excluding hydrogens is 290 g/mol. The molecule has 3 aliphatic heterocycles. The molecule has 0 aromatic rings. The van der Waals surface area contributed by atoms with Crippen LogP contribution in [0.3, 0.4) is 0 Å². The highest BCUT2D eigenvalue weighted by Crippen LogP contribution is 2.38. The molecule has 1 spiro atoms. The number of hydrogen-bond acceptors (Lipinski definition) is 4. The number of amides is 1. The third-order valence-electron chi connectivity index (χ3n) is 5.14. The van der Waals surface area contributed by atoms with Crippen LogP contribution in [0, 0.1) is 5.41 Å². The average Bonchev–Trinajstić information content (AvgIpc) is 2.83. The molecule has 3 fully saturated rings. The van der Waals surface area contributed by atoms with Gasteiger partial charge >= 0.3 is 0 Å². The van der Waals surface area contributed by atoms with Crippen LogP contribution >= 0.6 is 12.4 Å². The van der Waals surface area contributed by atoms with Gasteiger partial charge in [0.15, 0.2) is 0 Å². The molecule has 6 heteroatoms. The Morgan fingerprint density at radius 2 is 1.95 bits per heavy atom. The van der Waals surface area contributed by atoms with Crippen LogP contribution in [0.25, 0.3) is 0 Å². The first-order valence-corrected chi connectivity index (χ1v) is 8.06. The van der Waals surface area contributed by atoms with Crippen LogP contribution in [-0.2, 0) is 9.53 Å². The van der Waals surface area contributed by atoms with E-state index >= 15 is 0 Å². The first-order chi connectivity index (χ1) is 9.76. The summed E-state index contributed by atoms with van der Waals surface area (Å²) >= 11 is 0. The molecule has 0 aliphatic carbocycles. The first kappa shape index (κ1) is 17.0. The molecule has 21 heavy (non-hydrogen) atoms. The van der Waals surface area contributed by atoms with E-state index in [0.717, 1.165) is 52.2 Å². The van der Waals surface area contributed by atoms with Crippen molar-refractivity contribution >= 4 is 18.3 Å². The highest BCUT2D eigenvalue weighted by Gasteiger charge is 2.39. The molecule has 0 atom stereocenters. The van der Waals surface area contributed by atoms with Crippen LogP contribution in [0.1, 0.15) is 32.1 Å². The summed E-state index contributed by atoms with van der Waals surface area (Å²) in [6.07, 6.45) is 5.72. The summed E-state index contributed by atoms with van der Waals surface area (Å²) < 4.78 is 5.32. The molecule has 122 valence electrons. The quantitative estimate of drug-likeness (QED) is 0.808. The van der Waals surface area contributed by atoms with Crippen LogP contribution in [0.15, 0.2) is 0 Å². The van der Waals surface area contributed by atoms with Crippen molar-refractivity contribution in [2.75, 3.05) is 45.9 Å². The number of likely N-dealkylation sites (tertiary alicyclic amines) is 1. The minimum absolute atomic E-state index is 0. The molecule has 0 aromatic carbocycles. The van der Waals surface area contributed by atoms with Crippen LogP contribution in [-0.4, -0.2) is 62.8 Å². The second kappa shape index (κ2) is 7.77. The van der Waals surface area contributed by atoms with Crippen LogP contribution in [0.5, 0.6) is 0 Å². The average molecular weight is 318 g/mol. The summed E-state index contributed by atoms with van der Waals surface area (Å²) in [6, 6.07) is 0.326. The highest BCUT2D eigenvalue weighted by atomic mass is 35.5. The second-order valence-corrected chi connectivity index (χ2v) is 6.66. The van der Waals surface area contributed by atoms with Gasteiger partial charge in [-0.05, 0) is 57.2 Å². The fourth-order valence-electron chi connectivity index (χ4n) is 3.85. The Kier molecular flexibility index (Phi) is 6.29. The van der Waals surface area contributed by atoms with E-state index in [1.807, 2.05) is 0 Å². The maximum Gasteiger partial charge on any atom is 0.234 e. The lowest BCUT2D eigenvalue weighted by molar-refractivity contribution is -0.123. The van der Waals surface area contributed by atoms with E-state index in [-0.39, 0.29) is 18.3 Å². The van der Waals surface area contributed by atoms with Gasteiger partial charge in [-0.3, -0.25) is 9.69 Å². The van der Waals surface area contributed by atoms with Gasteiger partial charge in [-0.25, -0.2) is 0 Å². The summed E-state index contributed by atoms with van der Waals surface area (Å²) in [5.74, 6) is 0.197. The van der Waals surface area contributed by atoms with Crippen molar-refractivity contribution in [1.29, 1.82) is 0 Å². The Balaban J connectivity index is 0.00000161. The highest BCUT2D eigenvalue weighted by molar-refractivity contribution is 5.85. The second-order valence-electron chi connectivity index (χ2n) is 6.66. The van der Waals surface area contributed by atoms with Crippen molar-refractivity contribution in [1.82, 2.24) is 15.5 Å². The van der Waals surface area contributed by atoms with Gasteiger partial charge in [0, 0.05) is 25.8 Å². The first-order valence-electron chi connectivity index (χ1n) is 8.06. The number of nitrogens with zero attached hydrogens (tertiary/aromatic N) is 1. The number of piperidine rings is 1. The van der Waals surface area contributed by atoms with Crippen LogP contribution in [0.2, 0.25) is 0 Å². The fourth-order valence-corrected chi connectivity index (χ4v) is 3.85. The van der Waals surface area contributed by atoms with Gasteiger partial charge in [0.1, 0.15) is 0 Å². The summed E-state index contributed by atoms with van der Waals surface area (Å²) in [6.45, 7) is 6.61. The molecule has 0 bridgehead atoms. The van der Waals surface area contributed by atoms with Gasteiger partial charge in [-0.2, -0.15) is 0 Å². The topological polar surface area (TPSA) is 53.6 Å². The zero-order chi connectivity index (χ0) is 13.8. The van der Waals surface area contributed by atoms with Gasteiger partial charge in [-0.15, -0.1) is 12.4 Å². The van der Waals surface area contributed by atoms with Gasteiger partial charge < -0.3 is 15.4 Å². The lowest BCUT2D eigenvalue weighted by atomic mass is 9.78. The number of halogens is 1. The van der Waals surface area contributed by atoms with Crippen molar-refractivity contribution in [2.45, 2.75) is 38.1 Å². The number of carbonyl (C=O) groups excluding carboxylic acids is 1.